The first-order valence-electron chi connectivity index (χ1n) is 13.4. The zero-order valence-electron chi connectivity index (χ0n) is 22.3. The van der Waals surface area contributed by atoms with Crippen LogP contribution in [0.2, 0.25) is 0 Å². The van der Waals surface area contributed by atoms with Crippen molar-refractivity contribution >= 4 is 17.3 Å². The average Bonchev–Trinajstić information content (AvgIpc) is 3.42. The highest BCUT2D eigenvalue weighted by Crippen LogP contribution is 2.57. The van der Waals surface area contributed by atoms with Crippen molar-refractivity contribution in [3.8, 4) is 11.6 Å². The van der Waals surface area contributed by atoms with Crippen LogP contribution < -0.4 is 20.5 Å². The van der Waals surface area contributed by atoms with Crippen molar-refractivity contribution in [2.24, 2.45) is 11.1 Å². The zero-order valence-corrected chi connectivity index (χ0v) is 22.3. The molecule has 6 rings (SSSR count). The van der Waals surface area contributed by atoms with Crippen LogP contribution in [0.4, 0.5) is 8.78 Å². The number of aliphatic hydroxyl groups is 1. The lowest BCUT2D eigenvalue weighted by Crippen LogP contribution is -2.58. The van der Waals surface area contributed by atoms with Crippen LogP contribution in [0.5, 0.6) is 11.6 Å². The molecule has 3 fully saturated rings. The summed E-state index contributed by atoms with van der Waals surface area (Å²) in [6, 6.07) is 3.63. The fourth-order valence-corrected chi connectivity index (χ4v) is 5.94. The highest BCUT2D eigenvalue weighted by molar-refractivity contribution is 6.01. The number of nitrogens with zero attached hydrogens (tertiary/aromatic N) is 4. The number of nitrogens with two attached hydrogens (primary N) is 1. The molecule has 40 heavy (non-hydrogen) atoms. The molecule has 0 aliphatic heterocycles. The third kappa shape index (κ3) is 4.87. The molecule has 0 bridgehead atoms. The number of nitrogens with one attached hydrogen (secondary N) is 1. The molecule has 4 N–H and O–H groups in total. The number of carbonyl (C=O) groups is 2. The van der Waals surface area contributed by atoms with Crippen molar-refractivity contribution in [3.63, 3.8) is 0 Å². The molecule has 13 heteroatoms. The molecule has 2 amide bonds. The maximum absolute atomic E-state index is 13.3. The minimum absolute atomic E-state index is 0.0199. The molecule has 11 nitrogen and oxygen atoms in total. The van der Waals surface area contributed by atoms with Crippen molar-refractivity contribution in [2.45, 2.75) is 82.6 Å². The van der Waals surface area contributed by atoms with Crippen LogP contribution in [0, 0.1) is 5.41 Å². The maximum Gasteiger partial charge on any atom is 0.336 e. The number of primary amides is 1. The largest absolute Gasteiger partial charge is 0.489 e. The molecule has 0 unspecified atom stereocenters. The first-order chi connectivity index (χ1) is 18.9. The van der Waals surface area contributed by atoms with Gasteiger partial charge in [-0.05, 0) is 69.9 Å². The summed E-state index contributed by atoms with van der Waals surface area (Å²) < 4.78 is 40.3. The lowest BCUT2D eigenvalue weighted by atomic mass is 9.53. The first kappa shape index (κ1) is 26.5. The Hall–Kier alpha value is -3.74. The van der Waals surface area contributed by atoms with Crippen LogP contribution in [0.3, 0.4) is 0 Å². The summed E-state index contributed by atoms with van der Waals surface area (Å²) in [6.07, 6.45) is 7.00. The van der Waals surface area contributed by atoms with Crippen molar-refractivity contribution in [1.29, 1.82) is 0 Å². The monoisotopic (exact) mass is 558 g/mol. The highest BCUT2D eigenvalue weighted by Gasteiger charge is 2.54. The van der Waals surface area contributed by atoms with Crippen molar-refractivity contribution < 1.29 is 33.0 Å². The Morgan fingerprint density at radius 1 is 1.18 bits per heavy atom. The van der Waals surface area contributed by atoms with E-state index in [4.69, 9.17) is 15.2 Å². The van der Waals surface area contributed by atoms with E-state index < -0.39 is 18.1 Å². The van der Waals surface area contributed by atoms with Gasteiger partial charge in [-0.2, -0.15) is 23.7 Å². The van der Waals surface area contributed by atoms with Gasteiger partial charge in [0, 0.05) is 12.0 Å². The summed E-state index contributed by atoms with van der Waals surface area (Å²) in [6.45, 7) is 0.559. The third-order valence-electron chi connectivity index (χ3n) is 7.96. The Morgan fingerprint density at radius 3 is 2.50 bits per heavy atom. The van der Waals surface area contributed by atoms with Gasteiger partial charge >= 0.3 is 6.55 Å². The summed E-state index contributed by atoms with van der Waals surface area (Å²) in [5, 5.41) is 21.2. The molecule has 0 radical (unpaired) electrons. The van der Waals surface area contributed by atoms with Gasteiger partial charge in [-0.3, -0.25) is 9.59 Å². The number of hydrogen-bond donors (Lipinski definition) is 3. The number of halogens is 2. The molecule has 1 spiro atoms. The summed E-state index contributed by atoms with van der Waals surface area (Å²) in [7, 11) is 0. The molecule has 3 aliphatic carbocycles. The zero-order chi connectivity index (χ0) is 28.4. The van der Waals surface area contributed by atoms with Crippen molar-refractivity contribution in [1.82, 2.24) is 24.7 Å². The van der Waals surface area contributed by atoms with E-state index in [0.717, 1.165) is 37.6 Å². The van der Waals surface area contributed by atoms with Crippen LogP contribution in [0.15, 0.2) is 24.5 Å². The average molecular weight is 559 g/mol. The van der Waals surface area contributed by atoms with Gasteiger partial charge in [0.25, 0.3) is 11.8 Å². The van der Waals surface area contributed by atoms with Crippen molar-refractivity contribution in [2.75, 3.05) is 6.61 Å². The summed E-state index contributed by atoms with van der Waals surface area (Å²) in [5.41, 5.74) is 6.19. The molecule has 214 valence electrons. The molecule has 3 aromatic rings. The Morgan fingerprint density at radius 2 is 1.88 bits per heavy atom. The second-order valence-electron chi connectivity index (χ2n) is 12.0. The second kappa shape index (κ2) is 9.43. The number of carbonyl (C=O) groups excluding carboxylic acids is 2. The topological polar surface area (TPSA) is 146 Å². The number of alkyl halides is 2. The van der Waals surface area contributed by atoms with Gasteiger partial charge in [0.1, 0.15) is 24.0 Å². The molecule has 3 heterocycles. The van der Waals surface area contributed by atoms with Gasteiger partial charge in [-0.25, -0.2) is 4.52 Å². The summed E-state index contributed by atoms with van der Waals surface area (Å²) >= 11 is 0. The van der Waals surface area contributed by atoms with Gasteiger partial charge < -0.3 is 25.6 Å². The number of hydrogen-bond acceptors (Lipinski definition) is 7. The molecule has 0 atom stereocenters. The summed E-state index contributed by atoms with van der Waals surface area (Å²) in [5.74, 6) is -0.429. The lowest BCUT2D eigenvalue weighted by Gasteiger charge is -2.57. The number of pyridine rings is 1. The Kier molecular flexibility index (Phi) is 6.24. The highest BCUT2D eigenvalue weighted by atomic mass is 19.3. The molecule has 3 saturated carbocycles. The minimum atomic E-state index is -2.95. The fourth-order valence-electron chi connectivity index (χ4n) is 5.94. The van der Waals surface area contributed by atoms with E-state index in [1.807, 2.05) is 12.1 Å². The van der Waals surface area contributed by atoms with Gasteiger partial charge in [0.05, 0.1) is 34.8 Å². The second-order valence-corrected chi connectivity index (χ2v) is 12.0. The number of fused-ring (bicyclic) bond motifs is 1. The van der Waals surface area contributed by atoms with Crippen LogP contribution >= 0.6 is 0 Å². The van der Waals surface area contributed by atoms with E-state index in [1.165, 1.54) is 0 Å². The number of aromatic nitrogens is 4. The van der Waals surface area contributed by atoms with E-state index in [-0.39, 0.29) is 41.5 Å². The van der Waals surface area contributed by atoms with E-state index >= 15 is 0 Å². The van der Waals surface area contributed by atoms with Crippen LogP contribution in [0.25, 0.3) is 5.52 Å². The van der Waals surface area contributed by atoms with Gasteiger partial charge in [-0.1, -0.05) is 0 Å². The predicted molar refractivity (Wildman–Crippen MR) is 138 cm³/mol. The quantitative estimate of drug-likeness (QED) is 0.346. The molecule has 0 aromatic carbocycles. The van der Waals surface area contributed by atoms with Gasteiger partial charge in [0.2, 0.25) is 5.88 Å². The molecular weight excluding hydrogens is 526 g/mol. The van der Waals surface area contributed by atoms with E-state index in [1.54, 1.807) is 24.6 Å². The lowest BCUT2D eigenvalue weighted by molar-refractivity contribution is -0.0893. The number of amides is 2. The van der Waals surface area contributed by atoms with Gasteiger partial charge in [0.15, 0.2) is 0 Å². The normalized spacial score (nSPS) is 24.1. The Balaban J connectivity index is 1.07. The van der Waals surface area contributed by atoms with Crippen LogP contribution in [0.1, 0.15) is 91.2 Å². The van der Waals surface area contributed by atoms with Crippen molar-refractivity contribution in [3.05, 3.63) is 41.3 Å². The SMILES string of the molecule is CC(C)(O)COc1ccc2c(C(=O)N[C@H]3CC4(C3)C[C@H](Oc3c(C(N)=O)cnn3C(F)F)C4)cnn2c1C1CC1. The summed E-state index contributed by atoms with van der Waals surface area (Å²) in [4.78, 5) is 24.8. The number of ether oxygens (including phenoxy) is 2. The van der Waals surface area contributed by atoms with E-state index in [2.05, 4.69) is 15.5 Å². The van der Waals surface area contributed by atoms with Crippen LogP contribution in [-0.2, 0) is 0 Å². The Labute approximate surface area is 228 Å². The number of rotatable bonds is 10. The predicted octanol–water partition coefficient (Wildman–Crippen LogP) is 3.17. The molecular formula is C27H32F2N6O5. The fraction of sp³-hybridized carbons (Fsp3) is 0.556. The molecule has 3 aliphatic rings. The van der Waals surface area contributed by atoms with E-state index in [0.29, 0.717) is 40.3 Å². The molecule has 0 saturated heterocycles. The third-order valence-corrected chi connectivity index (χ3v) is 7.96. The van der Waals surface area contributed by atoms with Gasteiger partial charge in [-0.15, -0.1) is 0 Å². The minimum Gasteiger partial charge on any atom is -0.489 e. The molecule has 3 aromatic heterocycles. The maximum atomic E-state index is 13.3. The van der Waals surface area contributed by atoms with Crippen LogP contribution in [-0.4, -0.2) is 60.7 Å². The first-order valence-corrected chi connectivity index (χ1v) is 13.4. The van der Waals surface area contributed by atoms with E-state index in [9.17, 15) is 23.5 Å². The smallest absolute Gasteiger partial charge is 0.336 e. The standard InChI is InChI=1S/C27H32F2N6O5/c1-26(2,38)13-39-20-6-5-19-17(11-31-34(19)21(20)14-3-4-14)23(37)33-15-7-27(8-15)9-16(10-27)40-24-18(22(30)36)12-32-35(24)25(28)29/h5-6,11-12,14-16,25,38H,3-4,7-10,13H2,1-2H3,(H2,30,36)(H,33,37)/t15-,16-,27?. The Bertz CT molecular complexity index is 1460.